The summed E-state index contributed by atoms with van der Waals surface area (Å²) in [6.07, 6.45) is 1.84. The predicted molar refractivity (Wildman–Crippen MR) is 160 cm³/mol. The van der Waals surface area contributed by atoms with Crippen molar-refractivity contribution >= 4 is 44.2 Å². The fourth-order valence-corrected chi connectivity index (χ4v) is 6.13. The van der Waals surface area contributed by atoms with Gasteiger partial charge in [-0.2, -0.15) is 11.3 Å². The summed E-state index contributed by atoms with van der Waals surface area (Å²) in [6, 6.07) is 37.8. The first-order valence-corrected chi connectivity index (χ1v) is 13.8. The van der Waals surface area contributed by atoms with Crippen LogP contribution in [0.4, 0.5) is 0 Å². The minimum atomic E-state index is 0.619. The monoisotopic (exact) mass is 519 g/mol. The molecule has 0 amide bonds. The van der Waals surface area contributed by atoms with Crippen LogP contribution in [0.1, 0.15) is 0 Å². The molecule has 0 saturated heterocycles. The second-order valence-corrected chi connectivity index (χ2v) is 10.3. The Hall–Kier alpha value is -5.00. The average molecular weight is 520 g/mol. The van der Waals surface area contributed by atoms with Gasteiger partial charge < -0.3 is 8.98 Å². The van der Waals surface area contributed by atoms with E-state index in [0.29, 0.717) is 5.89 Å². The number of fused-ring (bicyclic) bond motifs is 4. The molecule has 0 aliphatic carbocycles. The zero-order valence-electron chi connectivity index (χ0n) is 20.8. The van der Waals surface area contributed by atoms with E-state index in [1.165, 1.54) is 21.9 Å². The summed E-state index contributed by atoms with van der Waals surface area (Å²) in [5, 5.41) is 6.76. The summed E-state index contributed by atoms with van der Waals surface area (Å²) in [6.45, 7) is 0. The number of nitrogens with zero attached hydrogens (tertiary/aromatic N) is 3. The molecule has 0 atom stereocenters. The van der Waals surface area contributed by atoms with E-state index in [2.05, 4.69) is 87.0 Å². The Balaban J connectivity index is 1.46. The van der Waals surface area contributed by atoms with Crippen LogP contribution in [-0.4, -0.2) is 14.5 Å². The molecule has 0 spiro atoms. The molecule has 0 N–H and O–H groups in total. The van der Waals surface area contributed by atoms with Gasteiger partial charge in [-0.1, -0.05) is 48.5 Å². The van der Waals surface area contributed by atoms with Gasteiger partial charge in [0, 0.05) is 33.8 Å². The van der Waals surface area contributed by atoms with E-state index in [4.69, 9.17) is 9.40 Å². The molecule has 0 aliphatic heterocycles. The summed E-state index contributed by atoms with van der Waals surface area (Å²) in [5.74, 6) is 0.619. The molecule has 184 valence electrons. The second kappa shape index (κ2) is 8.79. The molecule has 4 aromatic heterocycles. The van der Waals surface area contributed by atoms with Crippen molar-refractivity contribution in [2.24, 2.45) is 0 Å². The minimum Gasteiger partial charge on any atom is -0.436 e. The van der Waals surface area contributed by atoms with Gasteiger partial charge in [0.25, 0.3) is 0 Å². The molecular formula is C34H21N3OS. The zero-order chi connectivity index (χ0) is 25.8. The van der Waals surface area contributed by atoms with Gasteiger partial charge in [0.1, 0.15) is 5.52 Å². The highest BCUT2D eigenvalue weighted by Gasteiger charge is 2.20. The zero-order valence-corrected chi connectivity index (χ0v) is 21.6. The molecule has 8 aromatic rings. The molecule has 39 heavy (non-hydrogen) atoms. The minimum absolute atomic E-state index is 0.619. The van der Waals surface area contributed by atoms with Crippen molar-refractivity contribution in [3.05, 3.63) is 126 Å². The van der Waals surface area contributed by atoms with Gasteiger partial charge >= 0.3 is 0 Å². The first kappa shape index (κ1) is 22.0. The molecular weight excluding hydrogens is 498 g/mol. The molecule has 0 radical (unpaired) electrons. The predicted octanol–water partition coefficient (Wildman–Crippen LogP) is 9.38. The van der Waals surface area contributed by atoms with E-state index in [0.717, 1.165) is 44.6 Å². The number of hydrogen-bond donors (Lipinski definition) is 0. The second-order valence-electron chi connectivity index (χ2n) is 9.53. The van der Waals surface area contributed by atoms with Gasteiger partial charge in [-0.25, -0.2) is 4.98 Å². The molecule has 0 saturated carbocycles. The number of rotatable bonds is 4. The molecule has 0 aliphatic rings. The van der Waals surface area contributed by atoms with Gasteiger partial charge in [0.2, 0.25) is 5.89 Å². The Bertz CT molecular complexity index is 2090. The number of benzene rings is 4. The summed E-state index contributed by atoms with van der Waals surface area (Å²) in [7, 11) is 0. The smallest absolute Gasteiger partial charge is 0.227 e. The number of thiophene rings is 1. The van der Waals surface area contributed by atoms with Crippen LogP contribution >= 0.6 is 11.3 Å². The third-order valence-corrected chi connectivity index (χ3v) is 7.89. The molecule has 8 rings (SSSR count). The topological polar surface area (TPSA) is 43.9 Å². The van der Waals surface area contributed by atoms with Crippen LogP contribution in [-0.2, 0) is 0 Å². The number of para-hydroxylation sites is 3. The molecule has 4 aromatic carbocycles. The van der Waals surface area contributed by atoms with Crippen LogP contribution in [0.25, 0.3) is 72.4 Å². The lowest BCUT2D eigenvalue weighted by Gasteiger charge is -2.11. The summed E-state index contributed by atoms with van der Waals surface area (Å²) < 4.78 is 8.59. The van der Waals surface area contributed by atoms with E-state index in [1.54, 1.807) is 11.3 Å². The van der Waals surface area contributed by atoms with Crippen molar-refractivity contribution in [2.45, 2.75) is 0 Å². The number of pyridine rings is 1. The van der Waals surface area contributed by atoms with Crippen LogP contribution in [0.2, 0.25) is 0 Å². The number of aromatic nitrogens is 3. The fourth-order valence-electron chi connectivity index (χ4n) is 5.48. The largest absolute Gasteiger partial charge is 0.436 e. The Morgan fingerprint density at radius 2 is 1.59 bits per heavy atom. The van der Waals surface area contributed by atoms with Gasteiger partial charge in [0.15, 0.2) is 5.58 Å². The lowest BCUT2D eigenvalue weighted by atomic mass is 9.99. The van der Waals surface area contributed by atoms with Crippen molar-refractivity contribution in [1.82, 2.24) is 14.5 Å². The van der Waals surface area contributed by atoms with Crippen molar-refractivity contribution < 1.29 is 4.42 Å². The highest BCUT2D eigenvalue weighted by molar-refractivity contribution is 7.08. The summed E-state index contributed by atoms with van der Waals surface area (Å²) >= 11 is 1.70. The molecule has 0 unspecified atom stereocenters. The first-order valence-electron chi connectivity index (χ1n) is 12.8. The van der Waals surface area contributed by atoms with E-state index in [9.17, 15) is 0 Å². The van der Waals surface area contributed by atoms with Gasteiger partial charge in [-0.05, 0) is 82.6 Å². The van der Waals surface area contributed by atoms with Crippen LogP contribution in [0, 0.1) is 0 Å². The normalized spacial score (nSPS) is 11.6. The molecule has 5 heteroatoms. The Morgan fingerprint density at radius 3 is 2.46 bits per heavy atom. The lowest BCUT2D eigenvalue weighted by molar-refractivity contribution is 0.620. The van der Waals surface area contributed by atoms with Crippen LogP contribution in [0.5, 0.6) is 0 Å². The molecule has 0 bridgehead atoms. The standard InChI is InChI=1S/C34H21N3OS/c1-3-13-30-26(10-1)33-27(23-15-17-39-21-23)19-24(34-36-29-12-2-4-14-32(29)38-34)20-31(33)37(30)25-9-7-8-22(18-25)28-11-5-6-16-35-28/h1-21H. The van der Waals surface area contributed by atoms with Crippen molar-refractivity contribution in [3.8, 4) is 39.5 Å². The van der Waals surface area contributed by atoms with Gasteiger partial charge in [-0.15, -0.1) is 0 Å². The van der Waals surface area contributed by atoms with Gasteiger partial charge in [0.05, 0.1) is 16.7 Å². The third-order valence-electron chi connectivity index (χ3n) is 7.21. The molecule has 0 fully saturated rings. The van der Waals surface area contributed by atoms with E-state index in [-0.39, 0.29) is 0 Å². The van der Waals surface area contributed by atoms with E-state index >= 15 is 0 Å². The van der Waals surface area contributed by atoms with Crippen LogP contribution < -0.4 is 0 Å². The highest BCUT2D eigenvalue weighted by Crippen LogP contribution is 2.42. The average Bonchev–Trinajstić information content (AvgIpc) is 3.75. The van der Waals surface area contributed by atoms with Gasteiger partial charge in [-0.3, -0.25) is 4.98 Å². The van der Waals surface area contributed by atoms with E-state index < -0.39 is 0 Å². The SMILES string of the molecule is c1ccc(-c2cccc(-n3c4ccccc4c4c(-c5ccsc5)cc(-c5nc6ccccc6o5)cc43)c2)nc1. The summed E-state index contributed by atoms with van der Waals surface area (Å²) in [4.78, 5) is 9.43. The maximum Gasteiger partial charge on any atom is 0.227 e. The number of oxazole rings is 1. The van der Waals surface area contributed by atoms with Crippen LogP contribution in [0.15, 0.2) is 131 Å². The van der Waals surface area contributed by atoms with E-state index in [1.807, 2.05) is 48.7 Å². The van der Waals surface area contributed by atoms with Crippen molar-refractivity contribution in [3.63, 3.8) is 0 Å². The third kappa shape index (κ3) is 3.59. The Morgan fingerprint density at radius 1 is 0.692 bits per heavy atom. The Labute approximate surface area is 228 Å². The Kier molecular flexibility index (Phi) is 4.96. The van der Waals surface area contributed by atoms with Crippen LogP contribution in [0.3, 0.4) is 0 Å². The van der Waals surface area contributed by atoms with Crippen molar-refractivity contribution in [1.29, 1.82) is 0 Å². The molecule has 4 heterocycles. The maximum atomic E-state index is 6.25. The maximum absolute atomic E-state index is 6.25. The van der Waals surface area contributed by atoms with Crippen molar-refractivity contribution in [2.75, 3.05) is 0 Å². The first-order chi connectivity index (χ1) is 19.3. The molecule has 4 nitrogen and oxygen atoms in total. The lowest BCUT2D eigenvalue weighted by Crippen LogP contribution is -1.95. The summed E-state index contributed by atoms with van der Waals surface area (Å²) in [5.41, 5.74) is 10.3. The number of hydrogen-bond acceptors (Lipinski definition) is 4. The quantitative estimate of drug-likeness (QED) is 0.233. The fraction of sp³-hybridized carbons (Fsp3) is 0. The highest BCUT2D eigenvalue weighted by atomic mass is 32.1.